The van der Waals surface area contributed by atoms with Crippen molar-refractivity contribution in [1.29, 1.82) is 5.26 Å². The van der Waals surface area contributed by atoms with Gasteiger partial charge >= 0.3 is 6.09 Å². The average Bonchev–Trinajstić information content (AvgIpc) is 3.14. The number of hydrogen-bond donors (Lipinski definition) is 2. The minimum absolute atomic E-state index is 0.254. The molecule has 2 aromatic rings. The Labute approximate surface area is 152 Å². The van der Waals surface area contributed by atoms with Crippen LogP contribution in [0.2, 0.25) is 0 Å². The lowest BCUT2D eigenvalue weighted by molar-refractivity contribution is -0.111. The van der Waals surface area contributed by atoms with Gasteiger partial charge in [0.1, 0.15) is 11.1 Å². The molecule has 2 amide bonds. The number of anilines is 1. The summed E-state index contributed by atoms with van der Waals surface area (Å²) in [7, 11) is 0. The third-order valence-electron chi connectivity index (χ3n) is 3.84. The lowest BCUT2D eigenvalue weighted by atomic mass is 10.0. The fraction of sp³-hybridized carbons (Fsp3) is 0.235. The van der Waals surface area contributed by atoms with Crippen LogP contribution in [0.4, 0.5) is 9.80 Å². The number of carbonyl (C=O) groups excluding carboxylic acids is 1. The number of rotatable bonds is 3. The Bertz CT molecular complexity index is 905. The van der Waals surface area contributed by atoms with Gasteiger partial charge in [0, 0.05) is 27.3 Å². The molecule has 3 heterocycles. The molecule has 1 aliphatic heterocycles. The zero-order chi connectivity index (χ0) is 18.0. The maximum absolute atomic E-state index is 12.1. The molecule has 2 aromatic heterocycles. The van der Waals surface area contributed by atoms with Gasteiger partial charge in [-0.25, -0.2) is 4.79 Å². The van der Waals surface area contributed by atoms with Crippen LogP contribution in [0.5, 0.6) is 0 Å². The quantitative estimate of drug-likeness (QED) is 0.803. The molecule has 3 rings (SSSR count). The summed E-state index contributed by atoms with van der Waals surface area (Å²) in [6.07, 6.45) is 2.69. The van der Waals surface area contributed by atoms with E-state index in [9.17, 15) is 14.9 Å². The van der Waals surface area contributed by atoms with E-state index in [2.05, 4.69) is 11.4 Å². The fourth-order valence-electron chi connectivity index (χ4n) is 2.63. The predicted molar refractivity (Wildman–Crippen MR) is 97.9 cm³/mol. The highest BCUT2D eigenvalue weighted by molar-refractivity contribution is 7.16. The van der Waals surface area contributed by atoms with Crippen LogP contribution < -0.4 is 5.32 Å². The smallest absolute Gasteiger partial charge is 0.407 e. The molecule has 0 unspecified atom stereocenters. The van der Waals surface area contributed by atoms with Crippen molar-refractivity contribution in [3.05, 3.63) is 44.0 Å². The maximum Gasteiger partial charge on any atom is 0.407 e. The molecule has 0 radical (unpaired) electrons. The van der Waals surface area contributed by atoms with Gasteiger partial charge in [0.15, 0.2) is 0 Å². The summed E-state index contributed by atoms with van der Waals surface area (Å²) in [5, 5.41) is 21.8. The van der Waals surface area contributed by atoms with Crippen molar-refractivity contribution in [1.82, 2.24) is 4.90 Å². The second-order valence-corrected chi connectivity index (χ2v) is 7.97. The third kappa shape index (κ3) is 3.73. The van der Waals surface area contributed by atoms with Crippen LogP contribution in [0.15, 0.2) is 18.2 Å². The van der Waals surface area contributed by atoms with Gasteiger partial charge < -0.3 is 15.3 Å². The van der Waals surface area contributed by atoms with E-state index in [1.54, 1.807) is 17.4 Å². The van der Waals surface area contributed by atoms with Crippen molar-refractivity contribution in [3.8, 4) is 6.07 Å². The van der Waals surface area contributed by atoms with Gasteiger partial charge in [-0.05, 0) is 37.1 Å². The van der Waals surface area contributed by atoms with E-state index < -0.39 is 6.09 Å². The Morgan fingerprint density at radius 2 is 2.20 bits per heavy atom. The number of amides is 2. The Kier molecular flexibility index (Phi) is 4.88. The van der Waals surface area contributed by atoms with Crippen LogP contribution in [0, 0.1) is 18.3 Å². The predicted octanol–water partition coefficient (Wildman–Crippen LogP) is 3.68. The molecule has 2 N–H and O–H groups in total. The minimum Gasteiger partial charge on any atom is -0.465 e. The minimum atomic E-state index is -0.975. The molecule has 0 aliphatic carbocycles. The van der Waals surface area contributed by atoms with E-state index >= 15 is 0 Å². The number of nitriles is 1. The molecular weight excluding hydrogens is 358 g/mol. The molecule has 0 aromatic carbocycles. The monoisotopic (exact) mass is 373 g/mol. The SMILES string of the molecule is Cc1ccc(C=CC(=O)Nc2sc3c(c2C#N)CCN(C(=O)O)C3)s1. The molecule has 128 valence electrons. The van der Waals surface area contributed by atoms with Crippen LogP contribution >= 0.6 is 22.7 Å². The van der Waals surface area contributed by atoms with Gasteiger partial charge in [-0.1, -0.05) is 0 Å². The normalized spacial score (nSPS) is 13.5. The second-order valence-electron chi connectivity index (χ2n) is 5.54. The molecule has 6 nitrogen and oxygen atoms in total. The first kappa shape index (κ1) is 17.2. The van der Waals surface area contributed by atoms with E-state index in [0.717, 1.165) is 15.3 Å². The van der Waals surface area contributed by atoms with Gasteiger partial charge in [0.2, 0.25) is 5.91 Å². The molecule has 8 heteroatoms. The van der Waals surface area contributed by atoms with Gasteiger partial charge in [0.25, 0.3) is 0 Å². The average molecular weight is 373 g/mol. The molecule has 0 saturated heterocycles. The first-order valence-corrected chi connectivity index (χ1v) is 9.19. The van der Waals surface area contributed by atoms with Crippen LogP contribution in [-0.4, -0.2) is 28.6 Å². The van der Waals surface area contributed by atoms with E-state index in [-0.39, 0.29) is 12.5 Å². The first-order chi connectivity index (χ1) is 12.0. The van der Waals surface area contributed by atoms with Crippen molar-refractivity contribution < 1.29 is 14.7 Å². The highest BCUT2D eigenvalue weighted by atomic mass is 32.1. The molecule has 0 saturated carbocycles. The first-order valence-electron chi connectivity index (χ1n) is 7.56. The number of thiophene rings is 2. The molecular formula is C17H15N3O3S2. The third-order valence-corrected chi connectivity index (χ3v) is 5.93. The molecule has 0 fully saturated rings. The number of aryl methyl sites for hydroxylation is 1. The van der Waals surface area contributed by atoms with Crippen LogP contribution in [0.1, 0.15) is 25.8 Å². The standard InChI is InChI=1S/C17H15N3O3S2/c1-10-2-3-11(24-10)4-5-15(21)19-16-13(8-18)12-6-7-20(17(22)23)9-14(12)25-16/h2-5H,6-7,9H2,1H3,(H,19,21)(H,22,23). The molecule has 0 bridgehead atoms. The zero-order valence-electron chi connectivity index (χ0n) is 13.4. The Balaban J connectivity index is 1.77. The molecule has 25 heavy (non-hydrogen) atoms. The zero-order valence-corrected chi connectivity index (χ0v) is 15.0. The number of nitrogens with zero attached hydrogens (tertiary/aromatic N) is 2. The number of nitrogens with one attached hydrogen (secondary N) is 1. The number of carbonyl (C=O) groups is 2. The Morgan fingerprint density at radius 3 is 2.84 bits per heavy atom. The second kappa shape index (κ2) is 7.09. The Hall–Kier alpha value is -2.63. The number of hydrogen-bond acceptors (Lipinski definition) is 5. The van der Waals surface area contributed by atoms with Crippen LogP contribution in [0.25, 0.3) is 6.08 Å². The van der Waals surface area contributed by atoms with Crippen LogP contribution in [0.3, 0.4) is 0 Å². The van der Waals surface area contributed by atoms with Gasteiger partial charge in [-0.3, -0.25) is 4.79 Å². The molecule has 1 aliphatic rings. The summed E-state index contributed by atoms with van der Waals surface area (Å²) < 4.78 is 0. The van der Waals surface area contributed by atoms with Crippen LogP contribution in [-0.2, 0) is 17.8 Å². The summed E-state index contributed by atoms with van der Waals surface area (Å²) in [5.74, 6) is -0.309. The topological polar surface area (TPSA) is 93.4 Å². The lowest BCUT2D eigenvalue weighted by Gasteiger charge is -2.23. The summed E-state index contributed by atoms with van der Waals surface area (Å²) in [5.41, 5.74) is 1.29. The van der Waals surface area contributed by atoms with E-state index in [4.69, 9.17) is 5.11 Å². The summed E-state index contributed by atoms with van der Waals surface area (Å²) >= 11 is 2.86. The van der Waals surface area contributed by atoms with E-state index in [1.807, 2.05) is 19.1 Å². The van der Waals surface area contributed by atoms with E-state index in [1.165, 1.54) is 27.2 Å². The molecule has 0 spiro atoms. The molecule has 0 atom stereocenters. The van der Waals surface area contributed by atoms with Gasteiger partial charge in [0.05, 0.1) is 12.1 Å². The van der Waals surface area contributed by atoms with Crippen molar-refractivity contribution in [3.63, 3.8) is 0 Å². The summed E-state index contributed by atoms with van der Waals surface area (Å²) in [4.78, 5) is 27.5. The van der Waals surface area contributed by atoms with Crippen molar-refractivity contribution in [2.45, 2.75) is 19.9 Å². The van der Waals surface area contributed by atoms with Crippen molar-refractivity contribution in [2.24, 2.45) is 0 Å². The fourth-order valence-corrected chi connectivity index (χ4v) is 4.62. The highest BCUT2D eigenvalue weighted by Gasteiger charge is 2.27. The van der Waals surface area contributed by atoms with Gasteiger partial charge in [-0.2, -0.15) is 5.26 Å². The van der Waals surface area contributed by atoms with Crippen molar-refractivity contribution in [2.75, 3.05) is 11.9 Å². The number of fused-ring (bicyclic) bond motifs is 1. The highest BCUT2D eigenvalue weighted by Crippen LogP contribution is 2.36. The lowest BCUT2D eigenvalue weighted by Crippen LogP contribution is -2.34. The number of carboxylic acid groups (broad SMARTS) is 1. The summed E-state index contributed by atoms with van der Waals surface area (Å²) in [6.45, 7) is 2.61. The summed E-state index contributed by atoms with van der Waals surface area (Å²) in [6, 6.07) is 6.06. The van der Waals surface area contributed by atoms with Gasteiger partial charge in [-0.15, -0.1) is 22.7 Å². The van der Waals surface area contributed by atoms with E-state index in [0.29, 0.717) is 23.5 Å². The largest absolute Gasteiger partial charge is 0.465 e. The van der Waals surface area contributed by atoms with Crippen molar-refractivity contribution >= 4 is 45.8 Å². The maximum atomic E-state index is 12.1. The Morgan fingerprint density at radius 1 is 1.40 bits per heavy atom.